The molecule has 0 N–H and O–H groups in total. The molecule has 186 valence electrons. The van der Waals surface area contributed by atoms with E-state index in [0.717, 1.165) is 38.5 Å². The molecule has 1 unspecified atom stereocenters. The van der Waals surface area contributed by atoms with Crippen LogP contribution in [0, 0.1) is 5.92 Å². The van der Waals surface area contributed by atoms with Crippen molar-refractivity contribution in [3.63, 3.8) is 0 Å². The van der Waals surface area contributed by atoms with Gasteiger partial charge in [-0.25, -0.2) is 4.39 Å². The monoisotopic (exact) mass is 474 g/mol. The number of halogens is 1. The van der Waals surface area contributed by atoms with E-state index in [4.69, 9.17) is 4.74 Å². The minimum Gasteiger partial charge on any atom is -0.359 e. The predicted octanol–water partition coefficient (Wildman–Crippen LogP) is 7.14. The molecule has 5 atom stereocenters. The summed E-state index contributed by atoms with van der Waals surface area (Å²) in [7, 11) is 2.08. The maximum atomic E-state index is 13.0. The smallest absolute Gasteiger partial charge is 0.102 e. The van der Waals surface area contributed by atoms with Gasteiger partial charge in [-0.1, -0.05) is 31.2 Å². The molecule has 4 aliphatic rings. The van der Waals surface area contributed by atoms with E-state index in [-0.39, 0.29) is 17.9 Å². The number of rotatable bonds is 4. The first-order valence-electron chi connectivity index (χ1n) is 13.7. The van der Waals surface area contributed by atoms with Crippen molar-refractivity contribution in [1.82, 2.24) is 9.88 Å². The Labute approximate surface area is 209 Å². The molecule has 4 heteroatoms. The summed E-state index contributed by atoms with van der Waals surface area (Å²) in [6.07, 6.45) is 19.0. The highest BCUT2D eigenvalue weighted by Gasteiger charge is 2.59. The maximum Gasteiger partial charge on any atom is 0.102 e. The summed E-state index contributed by atoms with van der Waals surface area (Å²) in [5.41, 5.74) is 4.14. The number of allylic oxidation sites excluding steroid dienone is 1. The van der Waals surface area contributed by atoms with E-state index in [1.54, 1.807) is 0 Å². The first-order chi connectivity index (χ1) is 17.0. The molecule has 0 amide bonds. The second-order valence-corrected chi connectivity index (χ2v) is 11.6. The average molecular weight is 475 g/mol. The van der Waals surface area contributed by atoms with Crippen molar-refractivity contribution in [3.05, 3.63) is 65.5 Å². The van der Waals surface area contributed by atoms with Crippen LogP contribution in [0.4, 0.5) is 4.39 Å². The van der Waals surface area contributed by atoms with Gasteiger partial charge in [0.1, 0.15) is 6.67 Å². The van der Waals surface area contributed by atoms with E-state index < -0.39 is 0 Å². The summed E-state index contributed by atoms with van der Waals surface area (Å²) >= 11 is 0. The molecule has 2 bridgehead atoms. The molecule has 6 rings (SSSR count). The second kappa shape index (κ2) is 9.12. The fourth-order valence-electron chi connectivity index (χ4n) is 7.60. The minimum atomic E-state index is -0.272. The molecule has 1 saturated heterocycles. The van der Waals surface area contributed by atoms with Crippen LogP contribution in [0.15, 0.2) is 60.0 Å². The number of aromatic nitrogens is 1. The molecule has 2 spiro atoms. The van der Waals surface area contributed by atoms with Crippen LogP contribution in [0.25, 0.3) is 10.8 Å². The first-order valence-corrected chi connectivity index (χ1v) is 13.7. The lowest BCUT2D eigenvalue weighted by Crippen LogP contribution is -2.51. The number of hydrogen-bond acceptors (Lipinski definition) is 3. The third-order valence-electron chi connectivity index (χ3n) is 9.81. The zero-order valence-corrected chi connectivity index (χ0v) is 21.3. The number of alkyl halides is 1. The number of nitrogens with zero attached hydrogens (tertiary/aromatic N) is 2. The Balaban J connectivity index is 1.26. The Bertz CT molecular complexity index is 1160. The van der Waals surface area contributed by atoms with Gasteiger partial charge in [0.25, 0.3) is 0 Å². The number of hydrogen-bond donors (Lipinski definition) is 0. The standard InChI is InChI=1S/C31H39FN2O/c1-22-6-7-23(25-9-8-24-12-16-33-21-26(24)18-25)4-3-5-28-19-27-10-11-29(34(2)17-15-32)20-30(27)13-14-31(22,28)35-30/h5,8-9,12,16,18-19,21-23,29H,3-4,6-7,10-11,13-15,17,20H2,1-2H3/b28-5-/t22-,23?,29+,30+,31-/m0/s1. The third-order valence-corrected chi connectivity index (χ3v) is 9.81. The molecule has 1 aromatic carbocycles. The van der Waals surface area contributed by atoms with Crippen LogP contribution in [0.5, 0.6) is 0 Å². The molecule has 3 heterocycles. The predicted molar refractivity (Wildman–Crippen MR) is 140 cm³/mol. The average Bonchev–Trinajstić information content (AvgIpc) is 3.23. The van der Waals surface area contributed by atoms with Crippen LogP contribution in [-0.4, -0.2) is 47.4 Å². The number of pyridine rings is 1. The Morgan fingerprint density at radius 2 is 2.03 bits per heavy atom. The van der Waals surface area contributed by atoms with Crippen molar-refractivity contribution in [2.24, 2.45) is 5.92 Å². The van der Waals surface area contributed by atoms with Gasteiger partial charge in [-0.3, -0.25) is 4.98 Å². The number of ether oxygens (including phenoxy) is 1. The van der Waals surface area contributed by atoms with E-state index in [1.165, 1.54) is 46.7 Å². The molecule has 2 aliphatic heterocycles. The molecule has 1 aromatic heterocycles. The molecule has 0 radical (unpaired) electrons. The summed E-state index contributed by atoms with van der Waals surface area (Å²) in [5.74, 6) is 1.05. The third kappa shape index (κ3) is 3.97. The van der Waals surface area contributed by atoms with Crippen molar-refractivity contribution in [2.75, 3.05) is 20.3 Å². The zero-order chi connectivity index (χ0) is 24.0. The topological polar surface area (TPSA) is 25.4 Å². The van der Waals surface area contributed by atoms with Gasteiger partial charge in [0.15, 0.2) is 0 Å². The zero-order valence-electron chi connectivity index (χ0n) is 21.3. The molecule has 3 nitrogen and oxygen atoms in total. The Morgan fingerprint density at radius 3 is 2.91 bits per heavy atom. The highest BCUT2D eigenvalue weighted by atomic mass is 19.1. The lowest BCUT2D eigenvalue weighted by molar-refractivity contribution is -0.116. The first kappa shape index (κ1) is 23.4. The minimum absolute atomic E-state index is 0.127. The van der Waals surface area contributed by atoms with Gasteiger partial charge < -0.3 is 9.64 Å². The Hall–Kier alpha value is -2.04. The summed E-state index contributed by atoms with van der Waals surface area (Å²) in [6, 6.07) is 9.47. The molecule has 2 aromatic rings. The summed E-state index contributed by atoms with van der Waals surface area (Å²) in [5, 5.41) is 2.51. The SMILES string of the molecule is C[C@H]1CCC(c2ccc3ccncc3c2)CC/C=C2/C=C3CC[C@@H](N(C)CCF)C[C@]34CC[C@@]21O4. The lowest BCUT2D eigenvalue weighted by Gasteiger charge is -2.49. The van der Waals surface area contributed by atoms with E-state index in [0.29, 0.717) is 24.4 Å². The van der Waals surface area contributed by atoms with E-state index in [9.17, 15) is 4.39 Å². The molecule has 2 aliphatic carbocycles. The van der Waals surface area contributed by atoms with Crippen molar-refractivity contribution < 1.29 is 9.13 Å². The van der Waals surface area contributed by atoms with Gasteiger partial charge in [-0.2, -0.15) is 0 Å². The van der Waals surface area contributed by atoms with Crippen LogP contribution in [-0.2, 0) is 4.74 Å². The Kier molecular flexibility index (Phi) is 6.09. The highest BCUT2D eigenvalue weighted by Crippen LogP contribution is 2.59. The van der Waals surface area contributed by atoms with Crippen molar-refractivity contribution in [2.45, 2.75) is 87.9 Å². The lowest BCUT2D eigenvalue weighted by atomic mass is 9.74. The van der Waals surface area contributed by atoms with Crippen molar-refractivity contribution in [1.29, 1.82) is 0 Å². The molecular weight excluding hydrogens is 435 g/mol. The summed E-state index contributed by atoms with van der Waals surface area (Å²) in [4.78, 5) is 6.56. The van der Waals surface area contributed by atoms with Crippen molar-refractivity contribution in [3.8, 4) is 0 Å². The molecule has 1 saturated carbocycles. The summed E-state index contributed by atoms with van der Waals surface area (Å²) in [6.45, 7) is 2.68. The van der Waals surface area contributed by atoms with Crippen LogP contribution >= 0.6 is 0 Å². The molecular formula is C31H39FN2O. The maximum absolute atomic E-state index is 13.0. The van der Waals surface area contributed by atoms with Crippen LogP contribution in [0.2, 0.25) is 0 Å². The Morgan fingerprint density at radius 1 is 1.11 bits per heavy atom. The largest absolute Gasteiger partial charge is 0.359 e. The van der Waals surface area contributed by atoms with Gasteiger partial charge in [0, 0.05) is 30.4 Å². The van der Waals surface area contributed by atoms with Gasteiger partial charge in [-0.05, 0) is 111 Å². The van der Waals surface area contributed by atoms with E-state index in [2.05, 4.69) is 60.3 Å². The number of fused-ring (bicyclic) bond motifs is 1. The molecule has 35 heavy (non-hydrogen) atoms. The fraction of sp³-hybridized carbons (Fsp3) is 0.581. The van der Waals surface area contributed by atoms with Gasteiger partial charge in [-0.15, -0.1) is 0 Å². The van der Waals surface area contributed by atoms with Crippen LogP contribution in [0.1, 0.15) is 76.2 Å². The van der Waals surface area contributed by atoms with Gasteiger partial charge in [0.05, 0.1) is 11.2 Å². The van der Waals surface area contributed by atoms with E-state index in [1.807, 2.05) is 12.4 Å². The number of benzene rings is 1. The molecule has 2 fully saturated rings. The highest BCUT2D eigenvalue weighted by molar-refractivity contribution is 5.82. The quantitative estimate of drug-likeness (QED) is 0.471. The normalized spacial score (nSPS) is 36.4. The summed E-state index contributed by atoms with van der Waals surface area (Å²) < 4.78 is 20.3. The van der Waals surface area contributed by atoms with Crippen LogP contribution < -0.4 is 0 Å². The fourth-order valence-corrected chi connectivity index (χ4v) is 7.60. The van der Waals surface area contributed by atoms with Gasteiger partial charge in [0.2, 0.25) is 0 Å². The van der Waals surface area contributed by atoms with Crippen LogP contribution in [0.3, 0.4) is 0 Å². The van der Waals surface area contributed by atoms with Crippen molar-refractivity contribution >= 4 is 10.8 Å². The second-order valence-electron chi connectivity index (χ2n) is 11.6. The van der Waals surface area contributed by atoms with E-state index >= 15 is 0 Å². The van der Waals surface area contributed by atoms with Gasteiger partial charge >= 0.3 is 0 Å².